The largest absolute Gasteiger partial charge is 0.462 e. The molecule has 0 bridgehead atoms. The number of rotatable bonds is 5. The van der Waals surface area contributed by atoms with Gasteiger partial charge in [-0.2, -0.15) is 9.38 Å². The highest BCUT2D eigenvalue weighted by molar-refractivity contribution is 9.10. The maximum absolute atomic E-state index is 11.8. The molecule has 2 aromatic rings. The lowest BCUT2D eigenvalue weighted by atomic mass is 10.1. The summed E-state index contributed by atoms with van der Waals surface area (Å²) in [4.78, 5) is 11.8. The van der Waals surface area contributed by atoms with Gasteiger partial charge in [0.25, 0.3) is 0 Å². The predicted octanol–water partition coefficient (Wildman–Crippen LogP) is 1.73. The van der Waals surface area contributed by atoms with Gasteiger partial charge < -0.3 is 4.74 Å². The number of aromatic nitrogens is 2. The van der Waals surface area contributed by atoms with Crippen molar-refractivity contribution in [3.63, 3.8) is 0 Å². The Kier molecular flexibility index (Phi) is 5.07. The Balaban J connectivity index is 1.72. The zero-order valence-corrected chi connectivity index (χ0v) is 15.0. The molecule has 0 fully saturated rings. The van der Waals surface area contributed by atoms with Gasteiger partial charge in [-0.1, -0.05) is 24.3 Å². The molecule has 24 heavy (non-hydrogen) atoms. The molecule has 10 heteroatoms. The molecular weight excluding hydrogens is 400 g/mol. The second-order valence-corrected chi connectivity index (χ2v) is 6.33. The van der Waals surface area contributed by atoms with Crippen molar-refractivity contribution in [3.8, 4) is 0 Å². The molecule has 0 spiro atoms. The summed E-state index contributed by atoms with van der Waals surface area (Å²) in [6.45, 7) is 2.55. The lowest BCUT2D eigenvalue weighted by Crippen LogP contribution is -2.17. The Bertz CT molecular complexity index is 819. The summed E-state index contributed by atoms with van der Waals surface area (Å²) in [5.41, 5.74) is 4.63. The van der Waals surface area contributed by atoms with Crippen LogP contribution in [-0.4, -0.2) is 32.4 Å². The van der Waals surface area contributed by atoms with Crippen molar-refractivity contribution in [3.05, 3.63) is 51.8 Å². The highest BCUT2D eigenvalue weighted by Crippen LogP contribution is 2.17. The van der Waals surface area contributed by atoms with Crippen molar-refractivity contribution in [1.29, 1.82) is 0 Å². The van der Waals surface area contributed by atoms with Crippen LogP contribution in [0, 0.1) is 0 Å². The molecule has 0 aliphatic carbocycles. The standard InChI is InChI=1S/C14H13BrN4O4S/c1-2-22-14(20)11-8-19(16-12(11)15)7-9-3-5-10(6-4-9)13-17-23-24(21)18-13/h3-6,8H,2,7H2,1H3,(H,17,18). The van der Waals surface area contributed by atoms with E-state index in [1.54, 1.807) is 17.8 Å². The number of carbonyl (C=O) groups is 1. The van der Waals surface area contributed by atoms with Gasteiger partial charge in [0.2, 0.25) is 0 Å². The molecule has 0 amide bonds. The van der Waals surface area contributed by atoms with Crippen molar-refractivity contribution in [2.45, 2.75) is 13.5 Å². The maximum atomic E-state index is 11.8. The van der Waals surface area contributed by atoms with Gasteiger partial charge in [-0.25, -0.2) is 14.5 Å². The number of nitrogens with zero attached hydrogens (tertiary/aromatic N) is 3. The Morgan fingerprint density at radius 1 is 1.42 bits per heavy atom. The fourth-order valence-corrected chi connectivity index (χ4v) is 3.03. The number of ether oxygens (including phenoxy) is 1. The molecule has 2 heterocycles. The summed E-state index contributed by atoms with van der Waals surface area (Å²) in [6, 6.07) is 7.44. The number of hydroxylamine groups is 1. The van der Waals surface area contributed by atoms with Gasteiger partial charge in [-0.05, 0) is 28.4 Å². The summed E-state index contributed by atoms with van der Waals surface area (Å²) < 4.78 is 26.6. The first-order chi connectivity index (χ1) is 11.6. The second kappa shape index (κ2) is 7.24. The number of benzene rings is 1. The molecular formula is C14H13BrN4O4S. The van der Waals surface area contributed by atoms with Crippen molar-refractivity contribution < 1.29 is 18.0 Å². The zero-order valence-electron chi connectivity index (χ0n) is 12.6. The van der Waals surface area contributed by atoms with Crippen LogP contribution >= 0.6 is 15.9 Å². The van der Waals surface area contributed by atoms with Crippen LogP contribution in [0.1, 0.15) is 28.4 Å². The van der Waals surface area contributed by atoms with Gasteiger partial charge in [-0.15, -0.1) is 4.40 Å². The van der Waals surface area contributed by atoms with Crippen LogP contribution < -0.4 is 5.48 Å². The number of carbonyl (C=O) groups excluding carboxylic acids is 1. The topological polar surface area (TPSA) is 94.8 Å². The maximum Gasteiger partial charge on any atom is 0.342 e. The summed E-state index contributed by atoms with van der Waals surface area (Å²) in [6.07, 6.45) is 1.63. The SMILES string of the molecule is CCOC(=O)c1cn(Cc2ccc(C3=NS(=O)ON3)cc2)nc1Br. The average Bonchev–Trinajstić information content (AvgIpc) is 3.14. The second-order valence-electron chi connectivity index (χ2n) is 4.79. The molecule has 0 radical (unpaired) electrons. The van der Waals surface area contributed by atoms with Crippen LogP contribution in [0.4, 0.5) is 0 Å². The van der Waals surface area contributed by atoms with Crippen LogP contribution in [0.5, 0.6) is 0 Å². The van der Waals surface area contributed by atoms with Gasteiger partial charge in [0.15, 0.2) is 5.84 Å². The van der Waals surface area contributed by atoms with Crippen LogP contribution in [0.3, 0.4) is 0 Å². The summed E-state index contributed by atoms with van der Waals surface area (Å²) in [7, 11) is 0. The van der Waals surface area contributed by atoms with E-state index in [2.05, 4.69) is 35.2 Å². The number of esters is 1. The average molecular weight is 413 g/mol. The van der Waals surface area contributed by atoms with E-state index < -0.39 is 17.2 Å². The normalized spacial score (nSPS) is 16.6. The molecule has 1 atom stereocenters. The first kappa shape index (κ1) is 16.8. The summed E-state index contributed by atoms with van der Waals surface area (Å²) >= 11 is 1.58. The summed E-state index contributed by atoms with van der Waals surface area (Å²) in [5, 5.41) is 4.26. The minimum absolute atomic E-state index is 0.310. The Morgan fingerprint density at radius 3 is 2.79 bits per heavy atom. The molecule has 1 aromatic carbocycles. The number of halogens is 1. The van der Waals surface area contributed by atoms with Crippen molar-refractivity contribution in [1.82, 2.24) is 15.3 Å². The van der Waals surface area contributed by atoms with Gasteiger partial charge >= 0.3 is 17.2 Å². The van der Waals surface area contributed by atoms with Gasteiger partial charge in [0.05, 0.1) is 13.2 Å². The fraction of sp³-hybridized carbons (Fsp3) is 0.214. The van der Waals surface area contributed by atoms with E-state index in [-0.39, 0.29) is 0 Å². The Hall–Kier alpha value is -2.04. The van der Waals surface area contributed by atoms with Crippen molar-refractivity contribution in [2.75, 3.05) is 6.61 Å². The lowest BCUT2D eigenvalue weighted by Gasteiger charge is -2.04. The predicted molar refractivity (Wildman–Crippen MR) is 90.3 cm³/mol. The van der Waals surface area contributed by atoms with E-state index in [0.29, 0.717) is 29.2 Å². The third-order valence-corrected chi connectivity index (χ3v) is 4.30. The van der Waals surface area contributed by atoms with Crippen LogP contribution in [0.15, 0.2) is 39.5 Å². The van der Waals surface area contributed by atoms with E-state index in [1.807, 2.05) is 24.3 Å². The monoisotopic (exact) mass is 412 g/mol. The third-order valence-electron chi connectivity index (χ3n) is 3.16. The minimum Gasteiger partial charge on any atom is -0.462 e. The molecule has 1 unspecified atom stereocenters. The fourth-order valence-electron chi connectivity index (χ4n) is 2.08. The van der Waals surface area contributed by atoms with E-state index in [9.17, 15) is 9.00 Å². The molecule has 0 saturated heterocycles. The minimum atomic E-state index is -1.68. The van der Waals surface area contributed by atoms with Crippen molar-refractivity contribution >= 4 is 39.0 Å². The van der Waals surface area contributed by atoms with E-state index in [0.717, 1.165) is 11.1 Å². The molecule has 3 rings (SSSR count). The molecule has 1 N–H and O–H groups in total. The van der Waals surface area contributed by atoms with Crippen LogP contribution in [-0.2, 0) is 26.8 Å². The molecule has 126 valence electrons. The molecule has 1 aliphatic rings. The molecule has 0 saturated carbocycles. The molecule has 1 aliphatic heterocycles. The van der Waals surface area contributed by atoms with Crippen LogP contribution in [0.2, 0.25) is 0 Å². The number of hydrogen-bond donors (Lipinski definition) is 1. The van der Waals surface area contributed by atoms with Crippen LogP contribution in [0.25, 0.3) is 0 Å². The van der Waals surface area contributed by atoms with Gasteiger partial charge in [0.1, 0.15) is 10.2 Å². The zero-order chi connectivity index (χ0) is 17.1. The van der Waals surface area contributed by atoms with E-state index >= 15 is 0 Å². The van der Waals surface area contributed by atoms with E-state index in [1.165, 1.54) is 0 Å². The first-order valence-corrected chi connectivity index (χ1v) is 8.82. The summed E-state index contributed by atoms with van der Waals surface area (Å²) in [5.74, 6) is 0.00982. The number of hydrogen-bond acceptors (Lipinski definition) is 6. The molecule has 1 aromatic heterocycles. The highest BCUT2D eigenvalue weighted by atomic mass is 79.9. The smallest absolute Gasteiger partial charge is 0.342 e. The van der Waals surface area contributed by atoms with Gasteiger partial charge in [-0.3, -0.25) is 4.68 Å². The van der Waals surface area contributed by atoms with Crippen molar-refractivity contribution in [2.24, 2.45) is 4.40 Å². The third kappa shape index (κ3) is 3.71. The lowest BCUT2D eigenvalue weighted by molar-refractivity contribution is 0.0525. The Labute approximate surface area is 148 Å². The quantitative estimate of drug-likeness (QED) is 0.751. The number of amidine groups is 1. The molecule has 8 nitrogen and oxygen atoms in total. The van der Waals surface area contributed by atoms with E-state index in [4.69, 9.17) is 4.74 Å². The Morgan fingerprint density at radius 2 is 2.17 bits per heavy atom. The van der Waals surface area contributed by atoms with Gasteiger partial charge in [0, 0.05) is 11.8 Å². The number of nitrogens with one attached hydrogen (secondary N) is 1. The highest BCUT2D eigenvalue weighted by Gasteiger charge is 2.17. The first-order valence-electron chi connectivity index (χ1n) is 7.00.